The first kappa shape index (κ1) is 21.2. The molecule has 0 spiro atoms. The number of fused-ring (bicyclic) bond motifs is 2. The minimum atomic E-state index is -4.70. The maximum absolute atomic E-state index is 13.8. The van der Waals surface area contributed by atoms with Crippen LogP contribution in [0.4, 0.5) is 18.2 Å². The number of hydrogen-bond donors (Lipinski definition) is 1. The van der Waals surface area contributed by atoms with E-state index in [4.69, 9.17) is 0 Å². The highest BCUT2D eigenvalue weighted by Crippen LogP contribution is 2.38. The highest BCUT2D eigenvalue weighted by molar-refractivity contribution is 7.16. The van der Waals surface area contributed by atoms with Crippen molar-refractivity contribution in [1.29, 1.82) is 5.26 Å². The van der Waals surface area contributed by atoms with Gasteiger partial charge in [0.2, 0.25) is 0 Å². The molecule has 0 unspecified atom stereocenters. The number of nitrogens with one attached hydrogen (secondary N) is 1. The molecule has 0 bridgehead atoms. The lowest BCUT2D eigenvalue weighted by molar-refractivity contribution is -0.142. The van der Waals surface area contributed by atoms with Crippen molar-refractivity contribution < 1.29 is 18.0 Å². The van der Waals surface area contributed by atoms with Crippen LogP contribution in [0.3, 0.4) is 0 Å². The summed E-state index contributed by atoms with van der Waals surface area (Å²) in [6.07, 6.45) is -1.08. The number of benzene rings is 1. The minimum absolute atomic E-state index is 0.0974. The number of halogens is 3. The lowest BCUT2D eigenvalue weighted by Crippen LogP contribution is -2.15. The second-order valence-corrected chi connectivity index (χ2v) is 8.78. The van der Waals surface area contributed by atoms with Gasteiger partial charge in [-0.3, -0.25) is 4.79 Å². The van der Waals surface area contributed by atoms with Gasteiger partial charge in [-0.1, -0.05) is 30.3 Å². The molecule has 1 aromatic carbocycles. The lowest BCUT2D eigenvalue weighted by Gasteiger charge is -2.10. The summed E-state index contributed by atoms with van der Waals surface area (Å²) in [5.41, 5.74) is 0.670. The fraction of sp³-hybridized carbons (Fsp3) is 0.217. The van der Waals surface area contributed by atoms with Crippen molar-refractivity contribution in [3.05, 3.63) is 69.9 Å². The van der Waals surface area contributed by atoms with E-state index in [-0.39, 0.29) is 17.0 Å². The van der Waals surface area contributed by atoms with E-state index in [0.717, 1.165) is 42.2 Å². The zero-order valence-electron chi connectivity index (χ0n) is 17.1. The molecule has 5 rings (SSSR count). The quantitative estimate of drug-likeness (QED) is 0.433. The number of amides is 1. The number of alkyl halides is 3. The van der Waals surface area contributed by atoms with E-state index in [2.05, 4.69) is 21.5 Å². The number of carbonyl (C=O) groups excluding carboxylic acids is 1. The highest BCUT2D eigenvalue weighted by atomic mass is 32.1. The zero-order chi connectivity index (χ0) is 23.2. The third kappa shape index (κ3) is 3.85. The van der Waals surface area contributed by atoms with Crippen LogP contribution in [0.15, 0.2) is 42.5 Å². The molecule has 1 amide bonds. The van der Waals surface area contributed by atoms with Gasteiger partial charge < -0.3 is 5.32 Å². The predicted molar refractivity (Wildman–Crippen MR) is 117 cm³/mol. The van der Waals surface area contributed by atoms with Crippen LogP contribution >= 0.6 is 11.3 Å². The fourth-order valence-electron chi connectivity index (χ4n) is 3.98. The molecule has 0 radical (unpaired) electrons. The van der Waals surface area contributed by atoms with Crippen LogP contribution in [-0.4, -0.2) is 20.5 Å². The second kappa shape index (κ2) is 8.01. The van der Waals surface area contributed by atoms with Crippen molar-refractivity contribution in [2.75, 3.05) is 5.32 Å². The first-order valence-electron chi connectivity index (χ1n) is 10.2. The molecule has 0 fully saturated rings. The van der Waals surface area contributed by atoms with Crippen LogP contribution in [0.1, 0.15) is 45.0 Å². The number of thiophene rings is 1. The average Bonchev–Trinajstić information content (AvgIpc) is 3.39. The molecule has 0 atom stereocenters. The number of rotatable bonds is 3. The van der Waals surface area contributed by atoms with Gasteiger partial charge in [-0.05, 0) is 37.3 Å². The molecular weight excluding hydrogens is 451 g/mol. The molecule has 6 nitrogen and oxygen atoms in total. The van der Waals surface area contributed by atoms with Gasteiger partial charge >= 0.3 is 6.18 Å². The van der Waals surface area contributed by atoms with Crippen molar-refractivity contribution >= 4 is 27.9 Å². The Bertz CT molecular complexity index is 1420. The van der Waals surface area contributed by atoms with E-state index in [0.29, 0.717) is 20.6 Å². The SMILES string of the molecule is N#Cc1c(NC(=O)c2cc3nc(-c4ccccc4)cc(C(F)(F)F)n3n2)sc2c1CCCC2. The lowest BCUT2D eigenvalue weighted by atomic mass is 9.96. The maximum Gasteiger partial charge on any atom is 0.433 e. The molecule has 1 N–H and O–H groups in total. The molecule has 33 heavy (non-hydrogen) atoms. The van der Waals surface area contributed by atoms with Crippen LogP contribution < -0.4 is 5.32 Å². The van der Waals surface area contributed by atoms with Crippen LogP contribution in [0.25, 0.3) is 16.9 Å². The number of aryl methyl sites for hydroxylation is 1. The summed E-state index contributed by atoms with van der Waals surface area (Å²) >= 11 is 1.34. The number of anilines is 1. The number of nitrogens with zero attached hydrogens (tertiary/aromatic N) is 4. The topological polar surface area (TPSA) is 83.1 Å². The van der Waals surface area contributed by atoms with E-state index in [1.807, 2.05) is 0 Å². The molecule has 0 saturated carbocycles. The largest absolute Gasteiger partial charge is 0.433 e. The number of nitriles is 1. The summed E-state index contributed by atoms with van der Waals surface area (Å²) in [7, 11) is 0. The van der Waals surface area contributed by atoms with Gasteiger partial charge in [-0.15, -0.1) is 11.3 Å². The van der Waals surface area contributed by atoms with Crippen molar-refractivity contribution in [1.82, 2.24) is 14.6 Å². The summed E-state index contributed by atoms with van der Waals surface area (Å²) in [6.45, 7) is 0. The Morgan fingerprint density at radius 3 is 2.64 bits per heavy atom. The van der Waals surface area contributed by atoms with Crippen LogP contribution in [0, 0.1) is 11.3 Å². The van der Waals surface area contributed by atoms with Gasteiger partial charge in [0.25, 0.3) is 5.91 Å². The Hall–Kier alpha value is -3.71. The van der Waals surface area contributed by atoms with Gasteiger partial charge in [0, 0.05) is 16.5 Å². The summed E-state index contributed by atoms with van der Waals surface area (Å²) in [5, 5.41) is 16.5. The number of aromatic nitrogens is 3. The van der Waals surface area contributed by atoms with Crippen molar-refractivity contribution in [3.8, 4) is 17.3 Å². The van der Waals surface area contributed by atoms with E-state index in [1.54, 1.807) is 30.3 Å². The molecule has 3 heterocycles. The Kier molecular flexibility index (Phi) is 5.13. The van der Waals surface area contributed by atoms with Gasteiger partial charge in [0.05, 0.1) is 11.3 Å². The molecule has 0 saturated heterocycles. The molecule has 3 aromatic heterocycles. The normalized spacial score (nSPS) is 13.5. The van der Waals surface area contributed by atoms with Crippen LogP contribution in [-0.2, 0) is 19.0 Å². The standard InChI is InChI=1S/C23H16F3N5OS/c24-23(25,26)19-10-16(13-6-2-1-3-7-13)28-20-11-17(30-31(19)20)21(32)29-22-15(12-27)14-8-4-5-9-18(14)33-22/h1-3,6-7,10-11H,4-5,8-9H2,(H,29,32). The van der Waals surface area contributed by atoms with Crippen molar-refractivity contribution in [2.24, 2.45) is 0 Å². The Morgan fingerprint density at radius 1 is 1.15 bits per heavy atom. The van der Waals surface area contributed by atoms with E-state index < -0.39 is 17.8 Å². The highest BCUT2D eigenvalue weighted by Gasteiger charge is 2.36. The Balaban J connectivity index is 1.55. The number of carbonyl (C=O) groups is 1. The molecule has 0 aliphatic heterocycles. The Morgan fingerprint density at radius 2 is 1.91 bits per heavy atom. The maximum atomic E-state index is 13.8. The van der Waals surface area contributed by atoms with Gasteiger partial charge in [0.15, 0.2) is 17.0 Å². The van der Waals surface area contributed by atoms with E-state index in [1.165, 1.54) is 17.4 Å². The molecule has 1 aliphatic carbocycles. The Labute approximate surface area is 190 Å². The summed E-state index contributed by atoms with van der Waals surface area (Å²) < 4.78 is 42.0. The van der Waals surface area contributed by atoms with Crippen molar-refractivity contribution in [2.45, 2.75) is 31.9 Å². The van der Waals surface area contributed by atoms with E-state index in [9.17, 15) is 23.2 Å². The molecule has 4 aromatic rings. The van der Waals surface area contributed by atoms with Crippen molar-refractivity contribution in [3.63, 3.8) is 0 Å². The smallest absolute Gasteiger partial charge is 0.311 e. The third-order valence-corrected chi connectivity index (χ3v) is 6.74. The summed E-state index contributed by atoms with van der Waals surface area (Å²) in [4.78, 5) is 18.2. The molecule has 10 heteroatoms. The predicted octanol–water partition coefficient (Wildman–Crippen LogP) is 5.48. The fourth-order valence-corrected chi connectivity index (χ4v) is 5.22. The first-order valence-corrected chi connectivity index (χ1v) is 11.1. The molecule has 1 aliphatic rings. The summed E-state index contributed by atoms with van der Waals surface area (Å²) in [5.74, 6) is -0.690. The second-order valence-electron chi connectivity index (χ2n) is 7.67. The average molecular weight is 467 g/mol. The van der Waals surface area contributed by atoms with Gasteiger partial charge in [-0.2, -0.15) is 23.5 Å². The first-order chi connectivity index (χ1) is 15.8. The summed E-state index contributed by atoms with van der Waals surface area (Å²) in [6, 6.07) is 12.8. The number of hydrogen-bond acceptors (Lipinski definition) is 5. The zero-order valence-corrected chi connectivity index (χ0v) is 17.9. The van der Waals surface area contributed by atoms with E-state index >= 15 is 0 Å². The van der Waals surface area contributed by atoms with Gasteiger partial charge in [-0.25, -0.2) is 9.50 Å². The molecular formula is C23H16F3N5OS. The minimum Gasteiger partial charge on any atom is -0.311 e. The van der Waals surface area contributed by atoms with Gasteiger partial charge in [0.1, 0.15) is 11.1 Å². The van der Waals surface area contributed by atoms with Crippen LogP contribution in [0.5, 0.6) is 0 Å². The third-order valence-electron chi connectivity index (χ3n) is 5.53. The van der Waals surface area contributed by atoms with Crippen LogP contribution in [0.2, 0.25) is 0 Å². The monoisotopic (exact) mass is 467 g/mol. The molecule has 166 valence electrons.